The van der Waals surface area contributed by atoms with Crippen molar-refractivity contribution in [3.8, 4) is 5.69 Å². The number of nitrogens with one attached hydrogen (secondary N) is 1. The smallest absolute Gasteiger partial charge is 0.425 e. The van der Waals surface area contributed by atoms with E-state index in [2.05, 4.69) is 20.6 Å². The molecule has 0 radical (unpaired) electrons. The topological polar surface area (TPSA) is 112 Å². The molecule has 2 fully saturated rings. The van der Waals surface area contributed by atoms with Crippen molar-refractivity contribution in [1.29, 1.82) is 0 Å². The summed E-state index contributed by atoms with van der Waals surface area (Å²) in [6, 6.07) is 8.27. The molecule has 2 aromatic heterocycles. The summed E-state index contributed by atoms with van der Waals surface area (Å²) < 4.78 is 53.0. The lowest BCUT2D eigenvalue weighted by Gasteiger charge is -2.25. The zero-order valence-electron chi connectivity index (χ0n) is 22.0. The largest absolute Gasteiger partial charge is 0.435 e. The summed E-state index contributed by atoms with van der Waals surface area (Å²) in [5, 5.41) is 14.6. The third-order valence-electron chi connectivity index (χ3n) is 7.69. The van der Waals surface area contributed by atoms with Crippen LogP contribution in [0.4, 0.5) is 13.2 Å². The van der Waals surface area contributed by atoms with Gasteiger partial charge in [-0.1, -0.05) is 18.2 Å². The predicted octanol–water partition coefficient (Wildman–Crippen LogP) is 5.22. The number of para-hydroxylation sites is 1. The molecule has 12 heteroatoms. The Hall–Kier alpha value is -3.54. The average molecular weight is 560 g/mol. The van der Waals surface area contributed by atoms with Gasteiger partial charge in [0.05, 0.1) is 11.3 Å². The Morgan fingerprint density at radius 2 is 1.60 bits per heavy atom. The van der Waals surface area contributed by atoms with Gasteiger partial charge in [-0.3, -0.25) is 9.59 Å². The van der Waals surface area contributed by atoms with Gasteiger partial charge in [0.25, 0.3) is 5.91 Å². The average Bonchev–Trinajstić information content (AvgIpc) is 3.65. The van der Waals surface area contributed by atoms with Gasteiger partial charge in [-0.2, -0.15) is 18.3 Å². The third-order valence-corrected chi connectivity index (χ3v) is 7.69. The minimum Gasteiger partial charge on any atom is -0.425 e. The monoisotopic (exact) mass is 559 g/mol. The Bertz CT molecular complexity index is 1290. The zero-order valence-corrected chi connectivity index (χ0v) is 22.0. The lowest BCUT2D eigenvalue weighted by Crippen LogP contribution is -2.27. The second kappa shape index (κ2) is 12.3. The molecule has 2 aliphatic rings. The predicted molar refractivity (Wildman–Crippen MR) is 137 cm³/mol. The van der Waals surface area contributed by atoms with Crippen LogP contribution in [0.3, 0.4) is 0 Å². The van der Waals surface area contributed by atoms with Crippen LogP contribution in [0.2, 0.25) is 0 Å². The fraction of sp³-hybridized carbons (Fsp3) is 0.536. The van der Waals surface area contributed by atoms with Crippen LogP contribution >= 0.6 is 0 Å². The van der Waals surface area contributed by atoms with Crippen molar-refractivity contribution >= 4 is 11.7 Å². The number of carbonyl (C=O) groups excluding carboxylic acids is 2. The van der Waals surface area contributed by atoms with E-state index < -0.39 is 23.3 Å². The number of ketones is 1. The Morgan fingerprint density at radius 3 is 2.25 bits per heavy atom. The quantitative estimate of drug-likeness (QED) is 0.358. The standard InChI is InChI=1S/C28H32F3N5O4/c29-28(30,31)24-22(17-36(35-24)21-5-2-1-3-6-21)25(38)32-14-4-7-23(37)18-8-10-19(11-9-18)26-33-34-27(40-26)20-12-15-39-16-13-20/h1-3,5-6,17-20H,4,7-16H2,(H,32,38). The molecular formula is C28H32F3N5O4. The molecule has 9 nitrogen and oxygen atoms in total. The number of benzene rings is 1. The molecule has 1 aliphatic heterocycles. The van der Waals surface area contributed by atoms with E-state index in [-0.39, 0.29) is 36.5 Å². The summed E-state index contributed by atoms with van der Waals surface area (Å²) in [5.74, 6) is 0.858. The second-order valence-electron chi connectivity index (χ2n) is 10.4. The second-order valence-corrected chi connectivity index (χ2v) is 10.4. The highest BCUT2D eigenvalue weighted by Gasteiger charge is 2.39. The number of halogens is 3. The van der Waals surface area contributed by atoms with E-state index in [4.69, 9.17) is 9.15 Å². The van der Waals surface area contributed by atoms with Gasteiger partial charge in [-0.05, 0) is 57.1 Å². The van der Waals surface area contributed by atoms with E-state index in [1.165, 1.54) is 0 Å². The first kappa shape index (κ1) is 28.0. The van der Waals surface area contributed by atoms with Gasteiger partial charge in [0, 0.05) is 50.1 Å². The van der Waals surface area contributed by atoms with Gasteiger partial charge in [0.2, 0.25) is 11.8 Å². The van der Waals surface area contributed by atoms with Crippen LogP contribution in [-0.4, -0.2) is 51.4 Å². The van der Waals surface area contributed by atoms with Gasteiger partial charge < -0.3 is 14.5 Å². The Kier molecular flexibility index (Phi) is 8.63. The molecule has 0 bridgehead atoms. The first-order valence-corrected chi connectivity index (χ1v) is 13.7. The maximum Gasteiger partial charge on any atom is 0.435 e. The number of ether oxygens (including phenoxy) is 1. The van der Waals surface area contributed by atoms with E-state index in [1.807, 2.05) is 0 Å². The number of alkyl halides is 3. The number of carbonyl (C=O) groups is 2. The lowest BCUT2D eigenvalue weighted by atomic mass is 9.79. The van der Waals surface area contributed by atoms with Crippen LogP contribution in [0.15, 0.2) is 40.9 Å². The molecule has 214 valence electrons. The fourth-order valence-electron chi connectivity index (χ4n) is 5.41. The number of Topliss-reactive ketones (excluding diaryl/α,β-unsaturated/α-hetero) is 1. The first-order valence-electron chi connectivity index (χ1n) is 13.7. The SMILES string of the molecule is O=C(NCCCC(=O)C1CCC(c2nnc(C3CCOCC3)o2)CC1)c1cn(-c2ccccc2)nc1C(F)(F)F. The minimum absolute atomic E-state index is 0.0780. The maximum atomic E-state index is 13.5. The summed E-state index contributed by atoms with van der Waals surface area (Å²) in [4.78, 5) is 25.4. The van der Waals surface area contributed by atoms with Crippen molar-refractivity contribution in [2.45, 2.75) is 69.4 Å². The lowest BCUT2D eigenvalue weighted by molar-refractivity contribution is -0.141. The molecule has 3 heterocycles. The molecule has 0 unspecified atom stereocenters. The molecule has 0 spiro atoms. The van der Waals surface area contributed by atoms with Gasteiger partial charge in [-0.25, -0.2) is 4.68 Å². The molecule has 1 amide bonds. The number of hydrogen-bond donors (Lipinski definition) is 1. The number of nitrogens with zero attached hydrogens (tertiary/aromatic N) is 4. The van der Waals surface area contributed by atoms with Gasteiger partial charge >= 0.3 is 6.18 Å². The highest BCUT2D eigenvalue weighted by atomic mass is 19.4. The summed E-state index contributed by atoms with van der Waals surface area (Å²) in [6.07, 6.45) is 1.66. The number of rotatable bonds is 9. The van der Waals surface area contributed by atoms with E-state index >= 15 is 0 Å². The molecule has 1 saturated carbocycles. The van der Waals surface area contributed by atoms with Crippen molar-refractivity contribution in [2.24, 2.45) is 5.92 Å². The van der Waals surface area contributed by atoms with Crippen LogP contribution in [-0.2, 0) is 15.7 Å². The molecule has 1 N–H and O–H groups in total. The Labute approximate surface area is 229 Å². The normalized spacial score (nSPS) is 20.4. The summed E-state index contributed by atoms with van der Waals surface area (Å²) >= 11 is 0. The van der Waals surface area contributed by atoms with E-state index in [0.29, 0.717) is 37.1 Å². The maximum absolute atomic E-state index is 13.5. The van der Waals surface area contributed by atoms with Crippen LogP contribution in [0, 0.1) is 5.92 Å². The van der Waals surface area contributed by atoms with Crippen LogP contribution in [0.5, 0.6) is 0 Å². The molecular weight excluding hydrogens is 527 g/mol. The number of aromatic nitrogens is 4. The fourth-order valence-corrected chi connectivity index (χ4v) is 5.41. The van der Waals surface area contributed by atoms with E-state index in [1.54, 1.807) is 30.3 Å². The van der Waals surface area contributed by atoms with Gasteiger partial charge in [-0.15, -0.1) is 10.2 Å². The van der Waals surface area contributed by atoms with Gasteiger partial charge in [0.1, 0.15) is 5.78 Å². The Balaban J connectivity index is 1.07. The number of amides is 1. The molecule has 3 aromatic rings. The van der Waals surface area contributed by atoms with Crippen LogP contribution in [0.25, 0.3) is 5.69 Å². The molecule has 0 atom stereocenters. The molecule has 40 heavy (non-hydrogen) atoms. The zero-order chi connectivity index (χ0) is 28.1. The van der Waals surface area contributed by atoms with Crippen molar-refractivity contribution in [1.82, 2.24) is 25.3 Å². The van der Waals surface area contributed by atoms with Crippen molar-refractivity contribution in [3.05, 3.63) is 59.6 Å². The summed E-state index contributed by atoms with van der Waals surface area (Å²) in [7, 11) is 0. The van der Waals surface area contributed by atoms with Crippen molar-refractivity contribution in [3.63, 3.8) is 0 Å². The summed E-state index contributed by atoms with van der Waals surface area (Å²) in [5.41, 5.74) is -1.39. The molecule has 1 aromatic carbocycles. The van der Waals surface area contributed by atoms with Crippen LogP contribution in [0.1, 0.15) is 91.0 Å². The third kappa shape index (κ3) is 6.60. The highest BCUT2D eigenvalue weighted by molar-refractivity contribution is 5.95. The number of hydrogen-bond acceptors (Lipinski definition) is 7. The Morgan fingerprint density at radius 1 is 0.950 bits per heavy atom. The first-order chi connectivity index (χ1) is 19.3. The molecule has 5 rings (SSSR count). The van der Waals surface area contributed by atoms with Crippen LogP contribution < -0.4 is 5.32 Å². The van der Waals surface area contributed by atoms with E-state index in [9.17, 15) is 22.8 Å². The van der Waals surface area contributed by atoms with E-state index in [0.717, 1.165) is 49.4 Å². The van der Waals surface area contributed by atoms with Crippen molar-refractivity contribution < 1.29 is 31.9 Å². The highest BCUT2D eigenvalue weighted by Crippen LogP contribution is 2.37. The molecule has 1 saturated heterocycles. The summed E-state index contributed by atoms with van der Waals surface area (Å²) in [6.45, 7) is 1.49. The van der Waals surface area contributed by atoms with Crippen molar-refractivity contribution in [2.75, 3.05) is 19.8 Å². The van der Waals surface area contributed by atoms with Gasteiger partial charge in [0.15, 0.2) is 5.69 Å². The minimum atomic E-state index is -4.78. The molecule has 1 aliphatic carbocycles.